The molecule has 1 aliphatic heterocycles. The molecule has 4 atom stereocenters. The molecule has 0 radical (unpaired) electrons. The first kappa shape index (κ1) is 20.9. The second-order valence-electron chi connectivity index (χ2n) is 6.42. The summed E-state index contributed by atoms with van der Waals surface area (Å²) in [6.45, 7) is 5.50. The number of hydrogen-bond acceptors (Lipinski definition) is 8. The fourth-order valence-electron chi connectivity index (χ4n) is 2.95. The highest BCUT2D eigenvalue weighted by atomic mass is 16.8. The molecule has 1 heterocycles. The van der Waals surface area contributed by atoms with Gasteiger partial charge in [-0.05, 0) is 12.5 Å². The first-order valence-corrected chi connectivity index (χ1v) is 8.53. The topological polar surface area (TPSA) is 97.4 Å². The SMILES string of the molecule is CC(=O)OC1O[C@H](COCc2ccccc2)[C@@H](OC(C)=O)[C@@]1(C)OC(C)=O. The predicted octanol–water partition coefficient (Wildman–Crippen LogP) is 1.74. The van der Waals surface area contributed by atoms with E-state index in [4.69, 9.17) is 23.7 Å². The summed E-state index contributed by atoms with van der Waals surface area (Å²) >= 11 is 0. The standard InChI is InChI=1S/C19H24O8/c1-12(20)24-17-16(11-23-10-15-8-6-5-7-9-15)26-18(25-13(2)21)19(17,4)27-14(3)22/h5-9,16-18H,10-11H2,1-4H3/t16-,17-,18?,19-/m1/s1. The van der Waals surface area contributed by atoms with Gasteiger partial charge >= 0.3 is 17.9 Å². The molecule has 1 aromatic rings. The molecule has 0 N–H and O–H groups in total. The molecular weight excluding hydrogens is 356 g/mol. The van der Waals surface area contributed by atoms with Crippen molar-refractivity contribution in [2.24, 2.45) is 0 Å². The highest BCUT2D eigenvalue weighted by molar-refractivity contribution is 5.69. The van der Waals surface area contributed by atoms with Crippen molar-refractivity contribution in [1.82, 2.24) is 0 Å². The molecule has 0 amide bonds. The van der Waals surface area contributed by atoms with Crippen LogP contribution in [0.2, 0.25) is 0 Å². The van der Waals surface area contributed by atoms with Crippen molar-refractivity contribution < 1.29 is 38.1 Å². The number of ether oxygens (including phenoxy) is 5. The fourth-order valence-corrected chi connectivity index (χ4v) is 2.95. The molecule has 27 heavy (non-hydrogen) atoms. The third kappa shape index (κ3) is 5.51. The first-order valence-electron chi connectivity index (χ1n) is 8.53. The van der Waals surface area contributed by atoms with Crippen molar-refractivity contribution in [2.45, 2.75) is 58.4 Å². The first-order chi connectivity index (χ1) is 12.7. The lowest BCUT2D eigenvalue weighted by molar-refractivity contribution is -0.219. The molecule has 8 nitrogen and oxygen atoms in total. The Kier molecular flexibility index (Phi) is 6.92. The molecule has 0 bridgehead atoms. The van der Waals surface area contributed by atoms with Crippen LogP contribution in [0.25, 0.3) is 0 Å². The second-order valence-corrected chi connectivity index (χ2v) is 6.42. The van der Waals surface area contributed by atoms with E-state index in [-0.39, 0.29) is 6.61 Å². The zero-order chi connectivity index (χ0) is 20.0. The van der Waals surface area contributed by atoms with Crippen LogP contribution in [0.5, 0.6) is 0 Å². The fraction of sp³-hybridized carbons (Fsp3) is 0.526. The summed E-state index contributed by atoms with van der Waals surface area (Å²) < 4.78 is 27.2. The Morgan fingerprint density at radius 1 is 1.00 bits per heavy atom. The summed E-state index contributed by atoms with van der Waals surface area (Å²) in [7, 11) is 0. The quantitative estimate of drug-likeness (QED) is 0.521. The van der Waals surface area contributed by atoms with Gasteiger partial charge in [-0.2, -0.15) is 0 Å². The van der Waals surface area contributed by atoms with E-state index in [1.807, 2.05) is 30.3 Å². The lowest BCUT2D eigenvalue weighted by Gasteiger charge is -2.32. The Labute approximate surface area is 157 Å². The van der Waals surface area contributed by atoms with Gasteiger partial charge in [-0.1, -0.05) is 30.3 Å². The number of carbonyl (C=O) groups excluding carboxylic acids is 3. The Balaban J connectivity index is 2.16. The van der Waals surface area contributed by atoms with Crippen LogP contribution < -0.4 is 0 Å². The zero-order valence-electron chi connectivity index (χ0n) is 15.8. The van der Waals surface area contributed by atoms with E-state index < -0.39 is 42.0 Å². The van der Waals surface area contributed by atoms with Crippen LogP contribution in [0.15, 0.2) is 30.3 Å². The van der Waals surface area contributed by atoms with Gasteiger partial charge in [-0.15, -0.1) is 0 Å². The van der Waals surface area contributed by atoms with Crippen LogP contribution in [0, 0.1) is 0 Å². The zero-order valence-corrected chi connectivity index (χ0v) is 15.8. The summed E-state index contributed by atoms with van der Waals surface area (Å²) in [5.41, 5.74) is -0.539. The lowest BCUT2D eigenvalue weighted by atomic mass is 9.96. The van der Waals surface area contributed by atoms with Gasteiger partial charge < -0.3 is 23.7 Å². The van der Waals surface area contributed by atoms with Gasteiger partial charge in [0.1, 0.15) is 6.10 Å². The molecule has 1 saturated heterocycles. The van der Waals surface area contributed by atoms with Crippen molar-refractivity contribution >= 4 is 17.9 Å². The molecule has 0 spiro atoms. The third-order valence-electron chi connectivity index (χ3n) is 3.99. The molecule has 1 unspecified atom stereocenters. The molecule has 1 aliphatic rings. The van der Waals surface area contributed by atoms with Crippen LogP contribution in [0.4, 0.5) is 0 Å². The molecular formula is C19H24O8. The molecule has 0 saturated carbocycles. The van der Waals surface area contributed by atoms with Gasteiger partial charge in [-0.25, -0.2) is 0 Å². The van der Waals surface area contributed by atoms with Crippen LogP contribution in [-0.4, -0.2) is 48.6 Å². The van der Waals surface area contributed by atoms with Crippen LogP contribution in [0.1, 0.15) is 33.3 Å². The van der Waals surface area contributed by atoms with Crippen molar-refractivity contribution in [2.75, 3.05) is 6.61 Å². The average molecular weight is 380 g/mol. The lowest BCUT2D eigenvalue weighted by Crippen LogP contribution is -2.52. The monoisotopic (exact) mass is 380 g/mol. The second kappa shape index (κ2) is 8.96. The predicted molar refractivity (Wildman–Crippen MR) is 92.3 cm³/mol. The summed E-state index contributed by atoms with van der Waals surface area (Å²) in [6, 6.07) is 9.49. The molecule has 0 aliphatic carbocycles. The number of carbonyl (C=O) groups is 3. The summed E-state index contributed by atoms with van der Waals surface area (Å²) in [6.07, 6.45) is -3.01. The van der Waals surface area contributed by atoms with E-state index in [0.717, 1.165) is 5.56 Å². The maximum absolute atomic E-state index is 11.6. The molecule has 1 fully saturated rings. The maximum atomic E-state index is 11.6. The maximum Gasteiger partial charge on any atom is 0.305 e. The van der Waals surface area contributed by atoms with Gasteiger partial charge in [0.25, 0.3) is 0 Å². The van der Waals surface area contributed by atoms with Gasteiger partial charge in [0.15, 0.2) is 6.10 Å². The summed E-state index contributed by atoms with van der Waals surface area (Å²) in [4.78, 5) is 34.6. The Morgan fingerprint density at radius 3 is 2.19 bits per heavy atom. The van der Waals surface area contributed by atoms with Crippen LogP contribution in [0.3, 0.4) is 0 Å². The number of benzene rings is 1. The largest absolute Gasteiger partial charge is 0.455 e. The molecule has 8 heteroatoms. The number of esters is 3. The van der Waals surface area contributed by atoms with Crippen molar-refractivity contribution in [1.29, 1.82) is 0 Å². The summed E-state index contributed by atoms with van der Waals surface area (Å²) in [5, 5.41) is 0. The van der Waals surface area contributed by atoms with Crippen LogP contribution >= 0.6 is 0 Å². The van der Waals surface area contributed by atoms with E-state index in [0.29, 0.717) is 6.61 Å². The van der Waals surface area contributed by atoms with Crippen molar-refractivity contribution in [3.63, 3.8) is 0 Å². The Hall–Kier alpha value is -2.45. The molecule has 0 aromatic heterocycles. The van der Waals surface area contributed by atoms with E-state index in [1.54, 1.807) is 0 Å². The van der Waals surface area contributed by atoms with E-state index in [9.17, 15) is 14.4 Å². The average Bonchev–Trinajstić information content (AvgIpc) is 2.79. The van der Waals surface area contributed by atoms with Crippen molar-refractivity contribution in [3.05, 3.63) is 35.9 Å². The van der Waals surface area contributed by atoms with Gasteiger partial charge in [-0.3, -0.25) is 14.4 Å². The normalized spacial score (nSPS) is 27.0. The van der Waals surface area contributed by atoms with E-state index in [2.05, 4.69) is 0 Å². The minimum absolute atomic E-state index is 0.0431. The van der Waals surface area contributed by atoms with Gasteiger partial charge in [0.05, 0.1) is 13.2 Å². The molecule has 148 valence electrons. The Morgan fingerprint density at radius 2 is 1.63 bits per heavy atom. The van der Waals surface area contributed by atoms with Gasteiger partial charge in [0.2, 0.25) is 11.9 Å². The highest BCUT2D eigenvalue weighted by Crippen LogP contribution is 2.38. The van der Waals surface area contributed by atoms with Gasteiger partial charge in [0, 0.05) is 20.8 Å². The molecule has 1 aromatic carbocycles. The Bertz CT molecular complexity index is 674. The van der Waals surface area contributed by atoms with E-state index >= 15 is 0 Å². The minimum atomic E-state index is -1.50. The van der Waals surface area contributed by atoms with E-state index in [1.165, 1.54) is 27.7 Å². The highest BCUT2D eigenvalue weighted by Gasteiger charge is 2.60. The minimum Gasteiger partial charge on any atom is -0.455 e. The third-order valence-corrected chi connectivity index (χ3v) is 3.99. The summed E-state index contributed by atoms with van der Waals surface area (Å²) in [5.74, 6) is -1.83. The van der Waals surface area contributed by atoms with Crippen molar-refractivity contribution in [3.8, 4) is 0 Å². The number of hydrogen-bond donors (Lipinski definition) is 0. The molecule has 2 rings (SSSR count). The number of rotatable bonds is 7. The smallest absolute Gasteiger partial charge is 0.305 e. The van der Waals surface area contributed by atoms with Crippen LogP contribution in [-0.2, 0) is 44.7 Å².